The summed E-state index contributed by atoms with van der Waals surface area (Å²) in [6, 6.07) is 22.3. The van der Waals surface area contributed by atoms with Crippen molar-refractivity contribution in [3.05, 3.63) is 95.1 Å². The molecule has 0 spiro atoms. The number of carbonyl (C=O) groups is 3. The van der Waals surface area contributed by atoms with Crippen molar-refractivity contribution >= 4 is 29.1 Å². The molecule has 3 aromatic rings. The monoisotopic (exact) mass is 482 g/mol. The molecule has 0 aromatic heterocycles. The summed E-state index contributed by atoms with van der Waals surface area (Å²) in [5.74, 6) is -0.276. The van der Waals surface area contributed by atoms with Gasteiger partial charge in [0.25, 0.3) is 11.8 Å². The average molecular weight is 483 g/mol. The van der Waals surface area contributed by atoms with Crippen molar-refractivity contribution in [2.24, 2.45) is 0 Å². The van der Waals surface area contributed by atoms with Gasteiger partial charge < -0.3 is 20.0 Å². The molecular formula is C29H30N4O3. The van der Waals surface area contributed by atoms with E-state index in [1.54, 1.807) is 28.0 Å². The van der Waals surface area contributed by atoms with Gasteiger partial charge in [0.2, 0.25) is 5.91 Å². The molecule has 0 bridgehead atoms. The van der Waals surface area contributed by atoms with Gasteiger partial charge in [-0.3, -0.25) is 14.4 Å². The van der Waals surface area contributed by atoms with E-state index >= 15 is 0 Å². The smallest absolute Gasteiger partial charge is 0.256 e. The van der Waals surface area contributed by atoms with Crippen LogP contribution in [-0.4, -0.2) is 49.3 Å². The van der Waals surface area contributed by atoms with Gasteiger partial charge in [0, 0.05) is 38.4 Å². The van der Waals surface area contributed by atoms with E-state index in [0.717, 1.165) is 23.2 Å². The van der Waals surface area contributed by atoms with Crippen LogP contribution >= 0.6 is 0 Å². The Labute approximate surface area is 211 Å². The fourth-order valence-corrected chi connectivity index (χ4v) is 4.91. The number of nitrogens with zero attached hydrogens (tertiary/aromatic N) is 3. The molecule has 2 aliphatic rings. The van der Waals surface area contributed by atoms with E-state index in [4.69, 9.17) is 0 Å². The van der Waals surface area contributed by atoms with Crippen molar-refractivity contribution in [3.63, 3.8) is 0 Å². The lowest BCUT2D eigenvalue weighted by atomic mass is 10.1. The van der Waals surface area contributed by atoms with Gasteiger partial charge in [0.15, 0.2) is 0 Å². The lowest BCUT2D eigenvalue weighted by molar-refractivity contribution is -0.122. The van der Waals surface area contributed by atoms with Crippen LogP contribution in [0.3, 0.4) is 0 Å². The second-order valence-corrected chi connectivity index (χ2v) is 9.54. The molecule has 1 fully saturated rings. The SMILES string of the molecule is CN(C)c1ccc(CNC(=O)c2ccc(CN3C(=O)[C@H]4CCCN4C(=O)c4ccccc43)cc2)cc1. The molecule has 1 N–H and O–H groups in total. The Kier molecular flexibility index (Phi) is 6.46. The second-order valence-electron chi connectivity index (χ2n) is 9.54. The first-order valence-electron chi connectivity index (χ1n) is 12.3. The predicted octanol–water partition coefficient (Wildman–Crippen LogP) is 3.83. The van der Waals surface area contributed by atoms with Gasteiger partial charge in [0.1, 0.15) is 6.04 Å². The highest BCUT2D eigenvalue weighted by Gasteiger charge is 2.41. The number of para-hydroxylation sites is 1. The van der Waals surface area contributed by atoms with Crippen molar-refractivity contribution in [1.82, 2.24) is 10.2 Å². The summed E-state index contributed by atoms with van der Waals surface area (Å²) >= 11 is 0. The zero-order chi connectivity index (χ0) is 25.2. The van der Waals surface area contributed by atoms with Crippen LogP contribution in [0.1, 0.15) is 44.7 Å². The van der Waals surface area contributed by atoms with Crippen LogP contribution in [0.4, 0.5) is 11.4 Å². The summed E-state index contributed by atoms with van der Waals surface area (Å²) in [4.78, 5) is 44.7. The van der Waals surface area contributed by atoms with Gasteiger partial charge in [-0.05, 0) is 60.4 Å². The molecule has 0 radical (unpaired) electrons. The lowest BCUT2D eigenvalue weighted by Gasteiger charge is -2.26. The third-order valence-corrected chi connectivity index (χ3v) is 6.95. The number of rotatable bonds is 6. The number of hydrogen-bond donors (Lipinski definition) is 1. The van der Waals surface area contributed by atoms with Crippen LogP contribution in [0.5, 0.6) is 0 Å². The first-order chi connectivity index (χ1) is 17.4. The van der Waals surface area contributed by atoms with E-state index in [2.05, 4.69) is 5.32 Å². The van der Waals surface area contributed by atoms with Crippen LogP contribution in [-0.2, 0) is 17.9 Å². The first kappa shape index (κ1) is 23.6. The lowest BCUT2D eigenvalue weighted by Crippen LogP contribution is -2.44. The van der Waals surface area contributed by atoms with Gasteiger partial charge in [0.05, 0.1) is 17.8 Å². The Morgan fingerprint density at radius 1 is 0.944 bits per heavy atom. The third kappa shape index (κ3) is 4.56. The average Bonchev–Trinajstić information content (AvgIpc) is 3.38. The van der Waals surface area contributed by atoms with E-state index in [0.29, 0.717) is 42.9 Å². The second kappa shape index (κ2) is 9.85. The highest BCUT2D eigenvalue weighted by atomic mass is 16.2. The molecule has 0 aliphatic carbocycles. The maximum absolute atomic E-state index is 13.5. The Hall–Kier alpha value is -4.13. The molecule has 0 saturated carbocycles. The van der Waals surface area contributed by atoms with Gasteiger partial charge in [-0.15, -0.1) is 0 Å². The molecule has 184 valence electrons. The van der Waals surface area contributed by atoms with Gasteiger partial charge >= 0.3 is 0 Å². The number of nitrogens with one attached hydrogen (secondary N) is 1. The summed E-state index contributed by atoms with van der Waals surface area (Å²) < 4.78 is 0. The molecule has 1 saturated heterocycles. The minimum atomic E-state index is -0.415. The highest BCUT2D eigenvalue weighted by Crippen LogP contribution is 2.33. The number of carbonyl (C=O) groups excluding carboxylic acids is 3. The predicted molar refractivity (Wildman–Crippen MR) is 140 cm³/mol. The summed E-state index contributed by atoms with van der Waals surface area (Å²) in [5, 5.41) is 2.96. The van der Waals surface area contributed by atoms with E-state index in [1.807, 2.05) is 73.6 Å². The van der Waals surface area contributed by atoms with E-state index in [-0.39, 0.29) is 17.7 Å². The molecule has 0 unspecified atom stereocenters. The highest BCUT2D eigenvalue weighted by molar-refractivity contribution is 6.11. The van der Waals surface area contributed by atoms with E-state index in [1.165, 1.54) is 0 Å². The normalized spacial score (nSPS) is 16.9. The van der Waals surface area contributed by atoms with Gasteiger partial charge in [-0.2, -0.15) is 0 Å². The summed E-state index contributed by atoms with van der Waals surface area (Å²) in [6.07, 6.45) is 1.52. The Bertz CT molecular complexity index is 1280. The van der Waals surface area contributed by atoms with Crippen molar-refractivity contribution < 1.29 is 14.4 Å². The number of fused-ring (bicyclic) bond motifs is 2. The molecule has 2 heterocycles. The molecule has 2 aliphatic heterocycles. The number of anilines is 2. The Balaban J connectivity index is 1.28. The maximum Gasteiger partial charge on any atom is 0.256 e. The molecule has 3 aromatic carbocycles. The first-order valence-corrected chi connectivity index (χ1v) is 12.3. The Morgan fingerprint density at radius 2 is 1.64 bits per heavy atom. The summed E-state index contributed by atoms with van der Waals surface area (Å²) in [5.41, 5.74) is 4.79. The van der Waals surface area contributed by atoms with E-state index in [9.17, 15) is 14.4 Å². The zero-order valence-electron chi connectivity index (χ0n) is 20.6. The topological polar surface area (TPSA) is 73.0 Å². The van der Waals surface area contributed by atoms with Crippen LogP contribution in [0.15, 0.2) is 72.8 Å². The van der Waals surface area contributed by atoms with E-state index < -0.39 is 6.04 Å². The fourth-order valence-electron chi connectivity index (χ4n) is 4.91. The molecule has 7 heteroatoms. The molecule has 36 heavy (non-hydrogen) atoms. The summed E-state index contributed by atoms with van der Waals surface area (Å²) in [6.45, 7) is 1.40. The fraction of sp³-hybridized carbons (Fsp3) is 0.276. The molecule has 1 atom stereocenters. The summed E-state index contributed by atoms with van der Waals surface area (Å²) in [7, 11) is 3.98. The largest absolute Gasteiger partial charge is 0.378 e. The minimum absolute atomic E-state index is 0.0482. The van der Waals surface area contributed by atoms with Crippen molar-refractivity contribution in [2.45, 2.75) is 32.0 Å². The molecule has 3 amide bonds. The quantitative estimate of drug-likeness (QED) is 0.580. The number of benzene rings is 3. The van der Waals surface area contributed by atoms with Crippen LogP contribution < -0.4 is 15.1 Å². The third-order valence-electron chi connectivity index (χ3n) is 6.95. The van der Waals surface area contributed by atoms with Crippen molar-refractivity contribution in [3.8, 4) is 0 Å². The molecule has 7 nitrogen and oxygen atoms in total. The molecule has 5 rings (SSSR count). The number of hydrogen-bond acceptors (Lipinski definition) is 4. The molecular weight excluding hydrogens is 452 g/mol. The standard InChI is InChI=1S/C29H30N4O3/c1-31(2)23-15-11-20(12-16-23)18-30-27(34)22-13-9-21(10-14-22)19-33-25-7-4-3-6-24(25)28(35)32-17-5-8-26(32)29(33)36/h3-4,6-7,9-16,26H,5,8,17-19H2,1-2H3,(H,30,34)/t26-/m1/s1. The van der Waals surface area contributed by atoms with Crippen LogP contribution in [0.25, 0.3) is 0 Å². The van der Waals surface area contributed by atoms with Crippen molar-refractivity contribution in [1.29, 1.82) is 0 Å². The van der Waals surface area contributed by atoms with Crippen molar-refractivity contribution in [2.75, 3.05) is 30.4 Å². The van der Waals surface area contributed by atoms with Gasteiger partial charge in [-0.25, -0.2) is 0 Å². The minimum Gasteiger partial charge on any atom is -0.378 e. The van der Waals surface area contributed by atoms with Gasteiger partial charge in [-0.1, -0.05) is 36.4 Å². The van der Waals surface area contributed by atoms with Crippen LogP contribution in [0.2, 0.25) is 0 Å². The zero-order valence-corrected chi connectivity index (χ0v) is 20.6. The number of amides is 3. The Morgan fingerprint density at radius 3 is 2.36 bits per heavy atom. The van der Waals surface area contributed by atoms with Crippen LogP contribution in [0, 0.1) is 0 Å². The maximum atomic E-state index is 13.5.